The van der Waals surface area contributed by atoms with Crippen LogP contribution in [0.3, 0.4) is 0 Å². The molecule has 0 bridgehead atoms. The summed E-state index contributed by atoms with van der Waals surface area (Å²) in [4.78, 5) is 10.8. The highest BCUT2D eigenvalue weighted by molar-refractivity contribution is 5.86. The molecule has 7 heteroatoms. The lowest BCUT2D eigenvalue weighted by Gasteiger charge is -2.20. The van der Waals surface area contributed by atoms with Crippen molar-refractivity contribution in [3.8, 4) is 34.2 Å². The van der Waals surface area contributed by atoms with Gasteiger partial charge < -0.3 is 9.64 Å². The number of piperidine rings is 1. The van der Waals surface area contributed by atoms with Crippen LogP contribution < -0.4 is 4.74 Å². The fraction of sp³-hybridized carbons (Fsp3) is 0.296. The van der Waals surface area contributed by atoms with Crippen molar-refractivity contribution in [2.45, 2.75) is 26.2 Å². The molecule has 5 rings (SSSR count). The lowest BCUT2D eigenvalue weighted by atomic mass is 9.98. The summed E-state index contributed by atoms with van der Waals surface area (Å²) in [6.07, 6.45) is 9.28. The number of likely N-dealkylation sites (tertiary alicyclic amines) is 1. The van der Waals surface area contributed by atoms with E-state index in [0.717, 1.165) is 22.3 Å². The van der Waals surface area contributed by atoms with Gasteiger partial charge in [-0.25, -0.2) is 9.37 Å². The van der Waals surface area contributed by atoms with E-state index >= 15 is 0 Å². The molecule has 0 N–H and O–H groups in total. The fourth-order valence-electron chi connectivity index (χ4n) is 4.15. The Labute approximate surface area is 199 Å². The molecular formula is C27H28FN5O. The van der Waals surface area contributed by atoms with Gasteiger partial charge in [-0.3, -0.25) is 9.38 Å². The van der Waals surface area contributed by atoms with E-state index < -0.39 is 0 Å². The Kier molecular flexibility index (Phi) is 7.19. The lowest BCUT2D eigenvalue weighted by Crippen LogP contribution is -2.24. The standard InChI is InChI=1S/C21H15FN4O.C6H13N/c1-13-18(22)7-16(10-25-13)21-17(15-5-3-14(9-23)4-6-15)8-20(27-2)19-11-24-12-26(19)21;1-7-5-3-2-4-6-7/h3-8,10-12H,1-2H3;2-6H2,1H3. The first-order valence-corrected chi connectivity index (χ1v) is 11.4. The number of halogens is 1. The summed E-state index contributed by atoms with van der Waals surface area (Å²) in [7, 11) is 3.79. The van der Waals surface area contributed by atoms with Crippen LogP contribution in [-0.4, -0.2) is 46.5 Å². The maximum Gasteiger partial charge on any atom is 0.145 e. The number of fused-ring (bicyclic) bond motifs is 1. The molecule has 6 nitrogen and oxygen atoms in total. The molecule has 0 aliphatic carbocycles. The van der Waals surface area contributed by atoms with Crippen molar-refractivity contribution < 1.29 is 9.13 Å². The summed E-state index contributed by atoms with van der Waals surface area (Å²) in [6, 6.07) is 12.7. The van der Waals surface area contributed by atoms with Crippen LogP contribution in [-0.2, 0) is 0 Å². The number of hydrogen-bond donors (Lipinski definition) is 0. The second-order valence-electron chi connectivity index (χ2n) is 8.47. The average molecular weight is 458 g/mol. The van der Waals surface area contributed by atoms with Crippen molar-refractivity contribution in [2.24, 2.45) is 0 Å². The number of pyridine rings is 2. The van der Waals surface area contributed by atoms with Gasteiger partial charge in [-0.05, 0) is 69.7 Å². The highest BCUT2D eigenvalue weighted by atomic mass is 19.1. The van der Waals surface area contributed by atoms with E-state index in [0.29, 0.717) is 22.6 Å². The Morgan fingerprint density at radius 2 is 1.76 bits per heavy atom. The molecule has 4 heterocycles. The van der Waals surface area contributed by atoms with Gasteiger partial charge in [-0.2, -0.15) is 5.26 Å². The summed E-state index contributed by atoms with van der Waals surface area (Å²) in [5.74, 6) is 0.276. The van der Waals surface area contributed by atoms with Crippen LogP contribution in [0, 0.1) is 24.1 Å². The molecule has 4 aromatic rings. The molecule has 0 spiro atoms. The van der Waals surface area contributed by atoms with E-state index in [9.17, 15) is 4.39 Å². The highest BCUT2D eigenvalue weighted by Crippen LogP contribution is 2.37. The van der Waals surface area contributed by atoms with Crippen molar-refractivity contribution in [1.82, 2.24) is 19.3 Å². The van der Waals surface area contributed by atoms with Gasteiger partial charge in [0.15, 0.2) is 0 Å². The van der Waals surface area contributed by atoms with Crippen molar-refractivity contribution in [2.75, 3.05) is 27.2 Å². The van der Waals surface area contributed by atoms with E-state index in [-0.39, 0.29) is 5.82 Å². The number of hydrogen-bond acceptors (Lipinski definition) is 5. The molecule has 1 aliphatic heterocycles. The van der Waals surface area contributed by atoms with Gasteiger partial charge in [0.1, 0.15) is 17.1 Å². The Hall–Kier alpha value is -3.76. The second kappa shape index (κ2) is 10.4. The molecule has 3 aromatic heterocycles. The predicted molar refractivity (Wildman–Crippen MR) is 131 cm³/mol. The minimum Gasteiger partial charge on any atom is -0.494 e. The number of ether oxygens (including phenoxy) is 1. The Morgan fingerprint density at radius 1 is 1.03 bits per heavy atom. The molecule has 0 radical (unpaired) electrons. The molecule has 174 valence electrons. The molecule has 0 saturated carbocycles. The summed E-state index contributed by atoms with van der Waals surface area (Å²) in [6.45, 7) is 4.27. The zero-order chi connectivity index (χ0) is 24.1. The molecule has 1 aliphatic rings. The van der Waals surface area contributed by atoms with E-state index in [2.05, 4.69) is 28.0 Å². The van der Waals surface area contributed by atoms with Crippen LogP contribution in [0.4, 0.5) is 4.39 Å². The number of nitrogens with zero attached hydrogens (tertiary/aromatic N) is 5. The topological polar surface area (TPSA) is 66.5 Å². The largest absolute Gasteiger partial charge is 0.494 e. The van der Waals surface area contributed by atoms with Gasteiger partial charge in [0.25, 0.3) is 0 Å². The Bertz CT molecular complexity index is 1320. The number of imidazole rings is 1. The molecule has 0 amide bonds. The summed E-state index contributed by atoms with van der Waals surface area (Å²) in [5, 5.41) is 9.05. The molecule has 0 unspecified atom stereocenters. The van der Waals surface area contributed by atoms with Crippen molar-refractivity contribution in [3.05, 3.63) is 72.2 Å². The van der Waals surface area contributed by atoms with Gasteiger partial charge in [0.2, 0.25) is 0 Å². The highest BCUT2D eigenvalue weighted by Gasteiger charge is 2.17. The normalized spacial score (nSPS) is 13.7. The van der Waals surface area contributed by atoms with Gasteiger partial charge in [-0.15, -0.1) is 0 Å². The van der Waals surface area contributed by atoms with Crippen molar-refractivity contribution in [1.29, 1.82) is 5.26 Å². The van der Waals surface area contributed by atoms with Crippen LogP contribution in [0.25, 0.3) is 27.9 Å². The van der Waals surface area contributed by atoms with Crippen LogP contribution in [0.1, 0.15) is 30.5 Å². The van der Waals surface area contributed by atoms with Gasteiger partial charge in [0.05, 0.1) is 42.7 Å². The first-order chi connectivity index (χ1) is 16.5. The van der Waals surface area contributed by atoms with Crippen molar-refractivity contribution in [3.63, 3.8) is 0 Å². The Morgan fingerprint density at radius 3 is 2.35 bits per heavy atom. The molecule has 1 fully saturated rings. The zero-order valence-corrected chi connectivity index (χ0v) is 19.8. The smallest absolute Gasteiger partial charge is 0.145 e. The number of aromatic nitrogens is 3. The Balaban J connectivity index is 0.000000336. The van der Waals surface area contributed by atoms with E-state index in [1.165, 1.54) is 38.4 Å². The molecular weight excluding hydrogens is 429 g/mol. The van der Waals surface area contributed by atoms with Crippen LogP contribution in [0.15, 0.2) is 55.1 Å². The second-order valence-corrected chi connectivity index (χ2v) is 8.47. The third-order valence-corrected chi connectivity index (χ3v) is 6.09. The van der Waals surface area contributed by atoms with Crippen molar-refractivity contribution >= 4 is 5.52 Å². The molecule has 0 atom stereocenters. The fourth-order valence-corrected chi connectivity index (χ4v) is 4.15. The predicted octanol–water partition coefficient (Wildman–Crippen LogP) is 5.49. The summed E-state index contributed by atoms with van der Waals surface area (Å²) >= 11 is 0. The maximum absolute atomic E-state index is 14.2. The molecule has 1 aromatic carbocycles. The van der Waals surface area contributed by atoms with Gasteiger partial charge >= 0.3 is 0 Å². The minimum absolute atomic E-state index is 0.342. The SMILES string of the molecule is CN1CCCCC1.COc1cc(-c2ccc(C#N)cc2)c(-c2cnc(C)c(F)c2)n2cncc12. The van der Waals surface area contributed by atoms with Crippen LogP contribution >= 0.6 is 0 Å². The molecule has 34 heavy (non-hydrogen) atoms. The third-order valence-electron chi connectivity index (χ3n) is 6.09. The number of aryl methyl sites for hydroxylation is 1. The van der Waals surface area contributed by atoms with Crippen LogP contribution in [0.2, 0.25) is 0 Å². The molecule has 1 saturated heterocycles. The summed E-state index contributed by atoms with van der Waals surface area (Å²) < 4.78 is 21.6. The van der Waals surface area contributed by atoms with E-state index in [1.54, 1.807) is 44.9 Å². The maximum atomic E-state index is 14.2. The number of benzene rings is 1. The third kappa shape index (κ3) is 4.92. The first kappa shape index (κ1) is 23.4. The van der Waals surface area contributed by atoms with Crippen LogP contribution in [0.5, 0.6) is 5.75 Å². The van der Waals surface area contributed by atoms with E-state index in [1.807, 2.05) is 22.6 Å². The lowest BCUT2D eigenvalue weighted by molar-refractivity contribution is 0.277. The zero-order valence-electron chi connectivity index (χ0n) is 19.8. The number of methoxy groups -OCH3 is 1. The minimum atomic E-state index is -0.373. The monoisotopic (exact) mass is 457 g/mol. The number of nitriles is 1. The first-order valence-electron chi connectivity index (χ1n) is 11.4. The summed E-state index contributed by atoms with van der Waals surface area (Å²) in [5.41, 5.74) is 4.76. The average Bonchev–Trinajstić information content (AvgIpc) is 3.36. The van der Waals surface area contributed by atoms with Gasteiger partial charge in [0, 0.05) is 17.3 Å². The number of rotatable bonds is 3. The van der Waals surface area contributed by atoms with E-state index in [4.69, 9.17) is 10.00 Å². The van der Waals surface area contributed by atoms with Gasteiger partial charge in [-0.1, -0.05) is 18.6 Å². The quantitative estimate of drug-likeness (QED) is 0.407.